The van der Waals surface area contributed by atoms with E-state index in [1.165, 1.54) is 5.56 Å². The molecule has 0 amide bonds. The summed E-state index contributed by atoms with van der Waals surface area (Å²) < 4.78 is 2.00. The van der Waals surface area contributed by atoms with Crippen molar-refractivity contribution in [3.05, 3.63) is 102 Å². The predicted molar refractivity (Wildman–Crippen MR) is 106 cm³/mol. The molecule has 1 N–H and O–H groups in total. The van der Waals surface area contributed by atoms with Gasteiger partial charge in [-0.15, -0.1) is 0 Å². The third-order valence-electron chi connectivity index (χ3n) is 4.33. The molecule has 1 aromatic carbocycles. The molecule has 134 valence electrons. The highest BCUT2D eigenvalue weighted by Gasteiger charge is 2.11. The lowest BCUT2D eigenvalue weighted by atomic mass is 10.1. The molecule has 4 aromatic rings. The average molecular weight is 355 g/mol. The standard InChI is InChI=1S/C22H21N5/c1-2-6-18(7-3-1)16-27-17-21(15-25-13-19-8-4-10-23-12-19)22(26-27)20-9-5-11-24-14-20/h1-12,14,17,25H,13,15-16H2. The van der Waals surface area contributed by atoms with Gasteiger partial charge in [-0.05, 0) is 29.3 Å². The Morgan fingerprint density at radius 2 is 1.56 bits per heavy atom. The molecule has 0 radical (unpaired) electrons. The fourth-order valence-electron chi connectivity index (χ4n) is 3.03. The summed E-state index contributed by atoms with van der Waals surface area (Å²) in [5, 5.41) is 8.32. The molecule has 4 rings (SSSR count). The first kappa shape index (κ1) is 17.1. The largest absolute Gasteiger partial charge is 0.308 e. The summed E-state index contributed by atoms with van der Waals surface area (Å²) >= 11 is 0. The number of aromatic nitrogens is 4. The number of pyridine rings is 2. The number of nitrogens with one attached hydrogen (secondary N) is 1. The number of rotatable bonds is 7. The third kappa shape index (κ3) is 4.46. The Morgan fingerprint density at radius 3 is 2.30 bits per heavy atom. The van der Waals surface area contributed by atoms with E-state index in [1.54, 1.807) is 12.4 Å². The van der Waals surface area contributed by atoms with Crippen LogP contribution in [0.5, 0.6) is 0 Å². The summed E-state index contributed by atoms with van der Waals surface area (Å²) in [4.78, 5) is 8.41. The van der Waals surface area contributed by atoms with Gasteiger partial charge < -0.3 is 5.32 Å². The summed E-state index contributed by atoms with van der Waals surface area (Å²) in [6, 6.07) is 18.4. The zero-order valence-electron chi connectivity index (χ0n) is 15.0. The predicted octanol–water partition coefficient (Wildman–Crippen LogP) is 3.68. The Balaban J connectivity index is 1.54. The van der Waals surface area contributed by atoms with Gasteiger partial charge in [0.2, 0.25) is 0 Å². The summed E-state index contributed by atoms with van der Waals surface area (Å²) in [6.45, 7) is 2.24. The molecule has 3 heterocycles. The van der Waals surface area contributed by atoms with Crippen LogP contribution in [-0.2, 0) is 19.6 Å². The zero-order valence-corrected chi connectivity index (χ0v) is 15.0. The van der Waals surface area contributed by atoms with Crippen LogP contribution >= 0.6 is 0 Å². The number of hydrogen-bond donors (Lipinski definition) is 1. The van der Waals surface area contributed by atoms with E-state index in [4.69, 9.17) is 5.10 Å². The van der Waals surface area contributed by atoms with Crippen LogP contribution in [0.3, 0.4) is 0 Å². The first-order valence-electron chi connectivity index (χ1n) is 8.99. The van der Waals surface area contributed by atoms with E-state index in [0.717, 1.165) is 42.0 Å². The normalized spacial score (nSPS) is 10.8. The summed E-state index contributed by atoms with van der Waals surface area (Å²) in [5.41, 5.74) is 5.55. The molecule has 5 nitrogen and oxygen atoms in total. The van der Waals surface area contributed by atoms with Crippen molar-refractivity contribution >= 4 is 0 Å². The van der Waals surface area contributed by atoms with Gasteiger partial charge in [0, 0.05) is 55.2 Å². The minimum atomic E-state index is 0.730. The molecule has 5 heteroatoms. The number of benzene rings is 1. The second-order valence-electron chi connectivity index (χ2n) is 6.39. The van der Waals surface area contributed by atoms with Crippen LogP contribution in [0.1, 0.15) is 16.7 Å². The van der Waals surface area contributed by atoms with Crippen LogP contribution in [0.15, 0.2) is 85.6 Å². The summed E-state index contributed by atoms with van der Waals surface area (Å²) in [5.74, 6) is 0. The van der Waals surface area contributed by atoms with Crippen LogP contribution < -0.4 is 5.32 Å². The van der Waals surface area contributed by atoms with Gasteiger partial charge in [-0.2, -0.15) is 5.10 Å². The smallest absolute Gasteiger partial charge is 0.0983 e. The molecular formula is C22H21N5. The molecule has 0 fully saturated rings. The van der Waals surface area contributed by atoms with Gasteiger partial charge in [0.25, 0.3) is 0 Å². The molecule has 0 spiro atoms. The van der Waals surface area contributed by atoms with Gasteiger partial charge in [0.05, 0.1) is 12.2 Å². The molecule has 0 bridgehead atoms. The van der Waals surface area contributed by atoms with Gasteiger partial charge in [0.1, 0.15) is 0 Å². The van der Waals surface area contributed by atoms with Crippen molar-refractivity contribution in [2.24, 2.45) is 0 Å². The van der Waals surface area contributed by atoms with E-state index in [1.807, 2.05) is 41.3 Å². The molecule has 27 heavy (non-hydrogen) atoms. The quantitative estimate of drug-likeness (QED) is 0.549. The molecule has 0 aliphatic heterocycles. The van der Waals surface area contributed by atoms with Crippen molar-refractivity contribution in [2.75, 3.05) is 0 Å². The van der Waals surface area contributed by atoms with Crippen molar-refractivity contribution in [1.29, 1.82) is 0 Å². The maximum Gasteiger partial charge on any atom is 0.0983 e. The Labute approximate surface area is 158 Å². The Morgan fingerprint density at radius 1 is 0.778 bits per heavy atom. The summed E-state index contributed by atoms with van der Waals surface area (Å²) in [6.07, 6.45) is 9.43. The molecule has 3 aromatic heterocycles. The first-order chi connectivity index (χ1) is 13.4. The van der Waals surface area contributed by atoms with Gasteiger partial charge in [-0.25, -0.2) is 0 Å². The van der Waals surface area contributed by atoms with E-state index in [0.29, 0.717) is 0 Å². The molecule has 0 saturated heterocycles. The molecule has 0 aliphatic carbocycles. The Bertz CT molecular complexity index is 966. The third-order valence-corrected chi connectivity index (χ3v) is 4.33. The second kappa shape index (κ2) is 8.38. The highest BCUT2D eigenvalue weighted by atomic mass is 15.3. The van der Waals surface area contributed by atoms with Crippen molar-refractivity contribution in [3.63, 3.8) is 0 Å². The maximum absolute atomic E-state index is 4.83. The van der Waals surface area contributed by atoms with Crippen LogP contribution in [0.25, 0.3) is 11.3 Å². The fourth-order valence-corrected chi connectivity index (χ4v) is 3.03. The maximum atomic E-state index is 4.83. The lowest BCUT2D eigenvalue weighted by Crippen LogP contribution is -2.13. The van der Waals surface area contributed by atoms with Crippen LogP contribution in [0.2, 0.25) is 0 Å². The van der Waals surface area contributed by atoms with E-state index in [-0.39, 0.29) is 0 Å². The van der Waals surface area contributed by atoms with Crippen LogP contribution in [0.4, 0.5) is 0 Å². The monoisotopic (exact) mass is 355 g/mol. The van der Waals surface area contributed by atoms with Crippen LogP contribution in [-0.4, -0.2) is 19.7 Å². The van der Waals surface area contributed by atoms with Gasteiger partial charge in [-0.1, -0.05) is 36.4 Å². The van der Waals surface area contributed by atoms with Crippen molar-refractivity contribution in [3.8, 4) is 11.3 Å². The fraction of sp³-hybridized carbons (Fsp3) is 0.136. The minimum absolute atomic E-state index is 0.730. The molecule has 0 aliphatic rings. The molecular weight excluding hydrogens is 334 g/mol. The van der Waals surface area contributed by atoms with E-state index >= 15 is 0 Å². The van der Waals surface area contributed by atoms with Gasteiger partial charge >= 0.3 is 0 Å². The second-order valence-corrected chi connectivity index (χ2v) is 6.39. The number of hydrogen-bond acceptors (Lipinski definition) is 4. The van der Waals surface area contributed by atoms with E-state index in [2.05, 4.69) is 51.8 Å². The Kier molecular flexibility index (Phi) is 5.31. The van der Waals surface area contributed by atoms with Crippen LogP contribution in [0, 0.1) is 0 Å². The molecule has 0 atom stereocenters. The number of nitrogens with zero attached hydrogens (tertiary/aromatic N) is 4. The Hall–Kier alpha value is -3.31. The van der Waals surface area contributed by atoms with Crippen molar-refractivity contribution in [1.82, 2.24) is 25.1 Å². The van der Waals surface area contributed by atoms with E-state index in [9.17, 15) is 0 Å². The lowest BCUT2D eigenvalue weighted by molar-refractivity contribution is 0.677. The minimum Gasteiger partial charge on any atom is -0.308 e. The van der Waals surface area contributed by atoms with Crippen molar-refractivity contribution in [2.45, 2.75) is 19.6 Å². The zero-order chi connectivity index (χ0) is 18.3. The SMILES string of the molecule is c1ccc(Cn2cc(CNCc3cccnc3)c(-c3cccnc3)n2)cc1. The average Bonchev–Trinajstić information content (AvgIpc) is 3.13. The van der Waals surface area contributed by atoms with E-state index < -0.39 is 0 Å². The highest BCUT2D eigenvalue weighted by molar-refractivity contribution is 5.61. The van der Waals surface area contributed by atoms with Crippen molar-refractivity contribution < 1.29 is 0 Å². The van der Waals surface area contributed by atoms with Gasteiger partial charge in [-0.3, -0.25) is 14.6 Å². The topological polar surface area (TPSA) is 55.6 Å². The molecule has 0 saturated carbocycles. The lowest BCUT2D eigenvalue weighted by Gasteiger charge is -2.05. The first-order valence-corrected chi connectivity index (χ1v) is 8.99. The van der Waals surface area contributed by atoms with Gasteiger partial charge in [0.15, 0.2) is 0 Å². The highest BCUT2D eigenvalue weighted by Crippen LogP contribution is 2.21. The summed E-state index contributed by atoms with van der Waals surface area (Å²) in [7, 11) is 0. The molecule has 0 unspecified atom stereocenters.